The smallest absolute Gasteiger partial charge is 0.245 e. The van der Waals surface area contributed by atoms with E-state index in [1.807, 2.05) is 30.5 Å². The normalized spacial score (nSPS) is 17.8. The lowest BCUT2D eigenvalue weighted by Crippen LogP contribution is -2.31. The Hall–Kier alpha value is -2.19. The first-order valence-electron chi connectivity index (χ1n) is 8.28. The van der Waals surface area contributed by atoms with E-state index in [-0.39, 0.29) is 5.89 Å². The summed E-state index contributed by atoms with van der Waals surface area (Å²) in [4.78, 5) is 7.50. The lowest BCUT2D eigenvalue weighted by Gasteiger charge is -2.23. The summed E-state index contributed by atoms with van der Waals surface area (Å²) in [6, 6.07) is 7.68. The summed E-state index contributed by atoms with van der Waals surface area (Å²) in [7, 11) is -3.40. The molecule has 1 aliphatic rings. The fourth-order valence-electron chi connectivity index (χ4n) is 3.22. The van der Waals surface area contributed by atoms with Crippen LogP contribution in [0.15, 0.2) is 35.0 Å². The molecule has 3 heterocycles. The molecule has 1 atom stereocenters. The van der Waals surface area contributed by atoms with Crippen molar-refractivity contribution in [3.8, 4) is 11.4 Å². The van der Waals surface area contributed by atoms with Crippen LogP contribution in [-0.2, 0) is 14.6 Å². The maximum atomic E-state index is 12.8. The minimum atomic E-state index is -3.40. The first-order chi connectivity index (χ1) is 12.1. The minimum absolute atomic E-state index is 0.133. The van der Waals surface area contributed by atoms with Gasteiger partial charge in [-0.1, -0.05) is 17.3 Å². The van der Waals surface area contributed by atoms with E-state index in [1.54, 1.807) is 6.92 Å². The fourth-order valence-corrected chi connectivity index (χ4v) is 5.03. The molecule has 3 aromatic rings. The molecule has 1 fully saturated rings. The molecule has 0 saturated carbocycles. The average Bonchev–Trinajstić information content (AvgIpc) is 3.31. The molecule has 1 N–H and O–H groups in total. The largest absolute Gasteiger partial charge is 0.381 e. The van der Waals surface area contributed by atoms with Gasteiger partial charge in [-0.2, -0.15) is 4.98 Å². The number of fused-ring (bicyclic) bond motifs is 1. The van der Waals surface area contributed by atoms with E-state index in [0.717, 1.165) is 16.5 Å². The molecule has 0 radical (unpaired) electrons. The van der Waals surface area contributed by atoms with Crippen molar-refractivity contribution in [2.75, 3.05) is 13.2 Å². The summed E-state index contributed by atoms with van der Waals surface area (Å²) in [5, 5.41) is 3.73. The molecule has 2 aromatic heterocycles. The van der Waals surface area contributed by atoms with Crippen LogP contribution in [0, 0.1) is 0 Å². The van der Waals surface area contributed by atoms with E-state index in [1.165, 1.54) is 0 Å². The molecule has 25 heavy (non-hydrogen) atoms. The average molecular weight is 361 g/mol. The quantitative estimate of drug-likeness (QED) is 0.767. The van der Waals surface area contributed by atoms with Crippen LogP contribution in [0.25, 0.3) is 22.3 Å². The number of aromatic amines is 1. The van der Waals surface area contributed by atoms with E-state index in [0.29, 0.717) is 31.9 Å². The van der Waals surface area contributed by atoms with Gasteiger partial charge in [-0.15, -0.1) is 0 Å². The van der Waals surface area contributed by atoms with Crippen LogP contribution < -0.4 is 0 Å². The first-order valence-corrected chi connectivity index (χ1v) is 9.89. The number of nitrogens with zero attached hydrogens (tertiary/aromatic N) is 2. The van der Waals surface area contributed by atoms with Crippen molar-refractivity contribution in [1.82, 2.24) is 15.1 Å². The summed E-state index contributed by atoms with van der Waals surface area (Å²) < 4.78 is 36.2. The molecule has 7 nitrogen and oxygen atoms in total. The van der Waals surface area contributed by atoms with Crippen LogP contribution in [0.2, 0.25) is 0 Å². The summed E-state index contributed by atoms with van der Waals surface area (Å²) in [5.74, 6) is 0.531. The zero-order chi connectivity index (χ0) is 17.4. The topological polar surface area (TPSA) is 98.1 Å². The van der Waals surface area contributed by atoms with E-state index in [2.05, 4.69) is 15.1 Å². The molecule has 0 bridgehead atoms. The molecule has 0 spiro atoms. The van der Waals surface area contributed by atoms with Crippen LogP contribution in [-0.4, -0.2) is 42.0 Å². The number of nitrogens with one attached hydrogen (secondary N) is 1. The second kappa shape index (κ2) is 6.27. The van der Waals surface area contributed by atoms with Gasteiger partial charge in [0.25, 0.3) is 0 Å². The SMILES string of the molecule is CC(c1nc(-c2cccc3[nH]ccc23)no1)S(=O)(=O)C1CCOCC1. The van der Waals surface area contributed by atoms with Crippen LogP contribution in [0.5, 0.6) is 0 Å². The maximum Gasteiger partial charge on any atom is 0.245 e. The molecular formula is C17H19N3O4S. The van der Waals surface area contributed by atoms with Crippen LogP contribution in [0.1, 0.15) is 30.9 Å². The molecular weight excluding hydrogens is 342 g/mol. The molecule has 132 valence electrons. The molecule has 1 aromatic carbocycles. The van der Waals surface area contributed by atoms with Crippen molar-refractivity contribution in [3.63, 3.8) is 0 Å². The van der Waals surface area contributed by atoms with Crippen molar-refractivity contribution in [3.05, 3.63) is 36.4 Å². The molecule has 1 unspecified atom stereocenters. The fraction of sp³-hybridized carbons (Fsp3) is 0.412. The van der Waals surface area contributed by atoms with Gasteiger partial charge in [-0.05, 0) is 31.9 Å². The van der Waals surface area contributed by atoms with Crippen LogP contribution >= 0.6 is 0 Å². The molecule has 0 aliphatic carbocycles. The van der Waals surface area contributed by atoms with Crippen molar-refractivity contribution in [1.29, 1.82) is 0 Å². The maximum absolute atomic E-state index is 12.8. The number of hydrogen-bond donors (Lipinski definition) is 1. The number of benzene rings is 1. The molecule has 1 saturated heterocycles. The number of rotatable bonds is 4. The summed E-state index contributed by atoms with van der Waals surface area (Å²) in [5.41, 5.74) is 1.77. The highest BCUT2D eigenvalue weighted by Crippen LogP contribution is 2.31. The van der Waals surface area contributed by atoms with Gasteiger partial charge in [-0.3, -0.25) is 0 Å². The second-order valence-electron chi connectivity index (χ2n) is 6.24. The molecule has 8 heteroatoms. The Kier molecular flexibility index (Phi) is 4.09. The standard InChI is InChI=1S/C17H19N3O4S/c1-11(25(21,22)12-6-9-23-10-7-12)17-19-16(20-24-17)14-3-2-4-15-13(14)5-8-18-15/h2-5,8,11-12,18H,6-7,9-10H2,1H3. The monoisotopic (exact) mass is 361 g/mol. The van der Waals surface area contributed by atoms with Gasteiger partial charge in [0.2, 0.25) is 11.7 Å². The Morgan fingerprint density at radius 2 is 2.04 bits per heavy atom. The van der Waals surface area contributed by atoms with Crippen molar-refractivity contribution in [2.45, 2.75) is 30.3 Å². The van der Waals surface area contributed by atoms with Gasteiger partial charge < -0.3 is 14.2 Å². The molecule has 1 aliphatic heterocycles. The first kappa shape index (κ1) is 16.3. The van der Waals surface area contributed by atoms with Gasteiger partial charge in [-0.25, -0.2) is 8.42 Å². The summed E-state index contributed by atoms with van der Waals surface area (Å²) in [6.45, 7) is 2.56. The number of H-pyrrole nitrogens is 1. The van der Waals surface area contributed by atoms with E-state index in [9.17, 15) is 8.42 Å². The van der Waals surface area contributed by atoms with Gasteiger partial charge in [0.15, 0.2) is 9.84 Å². The van der Waals surface area contributed by atoms with Crippen molar-refractivity contribution in [2.24, 2.45) is 0 Å². The van der Waals surface area contributed by atoms with E-state index < -0.39 is 20.3 Å². The zero-order valence-corrected chi connectivity index (χ0v) is 14.6. The van der Waals surface area contributed by atoms with Crippen LogP contribution in [0.4, 0.5) is 0 Å². The van der Waals surface area contributed by atoms with Gasteiger partial charge in [0.05, 0.1) is 5.25 Å². The van der Waals surface area contributed by atoms with Crippen molar-refractivity contribution < 1.29 is 17.7 Å². The third-order valence-corrected chi connectivity index (χ3v) is 7.34. The summed E-state index contributed by atoms with van der Waals surface area (Å²) in [6.07, 6.45) is 2.86. The van der Waals surface area contributed by atoms with E-state index >= 15 is 0 Å². The van der Waals surface area contributed by atoms with Crippen molar-refractivity contribution >= 4 is 20.7 Å². The molecule has 0 amide bonds. The second-order valence-corrected chi connectivity index (χ2v) is 8.80. The van der Waals surface area contributed by atoms with Gasteiger partial charge in [0.1, 0.15) is 5.25 Å². The third kappa shape index (κ3) is 2.85. The van der Waals surface area contributed by atoms with Gasteiger partial charge in [0, 0.05) is 35.9 Å². The lowest BCUT2D eigenvalue weighted by molar-refractivity contribution is 0.0981. The number of ether oxygens (including phenoxy) is 1. The Morgan fingerprint density at radius 1 is 1.24 bits per heavy atom. The highest BCUT2D eigenvalue weighted by molar-refractivity contribution is 7.92. The third-order valence-electron chi connectivity index (χ3n) is 4.75. The van der Waals surface area contributed by atoms with E-state index in [4.69, 9.17) is 9.26 Å². The number of hydrogen-bond acceptors (Lipinski definition) is 6. The highest BCUT2D eigenvalue weighted by atomic mass is 32.2. The highest BCUT2D eigenvalue weighted by Gasteiger charge is 2.36. The number of aromatic nitrogens is 3. The van der Waals surface area contributed by atoms with Crippen LogP contribution in [0.3, 0.4) is 0 Å². The minimum Gasteiger partial charge on any atom is -0.381 e. The number of sulfone groups is 1. The Labute approximate surface area is 145 Å². The Balaban J connectivity index is 1.66. The predicted octanol–water partition coefficient (Wildman–Crippen LogP) is 2.87. The Morgan fingerprint density at radius 3 is 2.84 bits per heavy atom. The molecule has 4 rings (SSSR count). The summed E-state index contributed by atoms with van der Waals surface area (Å²) >= 11 is 0. The Bertz CT molecular complexity index is 986. The zero-order valence-electron chi connectivity index (χ0n) is 13.8. The van der Waals surface area contributed by atoms with Gasteiger partial charge >= 0.3 is 0 Å². The predicted molar refractivity (Wildman–Crippen MR) is 92.8 cm³/mol. The lowest BCUT2D eigenvalue weighted by atomic mass is 10.1.